The van der Waals surface area contributed by atoms with Crippen LogP contribution in [0.1, 0.15) is 32.6 Å². The number of carboxylic acids is 1. The van der Waals surface area contributed by atoms with E-state index in [4.69, 9.17) is 26.0 Å². The monoisotopic (exact) mass is 772 g/mol. The van der Waals surface area contributed by atoms with Crippen molar-refractivity contribution in [2.24, 2.45) is 11.5 Å². The number of benzene rings is 4. The smallest absolute Gasteiger partial charge is 0.303 e. The summed E-state index contributed by atoms with van der Waals surface area (Å²) in [6.07, 6.45) is 1.43. The highest BCUT2D eigenvalue weighted by Gasteiger charge is 2.19. The fraction of sp³-hybridized carbons (Fsp3) is 0.237. The maximum absolute atomic E-state index is 12.1. The maximum Gasteiger partial charge on any atom is 0.303 e. The van der Waals surface area contributed by atoms with Gasteiger partial charge in [-0.15, -0.1) is 0 Å². The van der Waals surface area contributed by atoms with Gasteiger partial charge in [-0.05, 0) is 85.6 Å². The highest BCUT2D eigenvalue weighted by Crippen LogP contribution is 2.37. The second-order valence-electron chi connectivity index (χ2n) is 12.2. The van der Waals surface area contributed by atoms with Gasteiger partial charge in [0.1, 0.15) is 11.5 Å². The van der Waals surface area contributed by atoms with Crippen LogP contribution < -0.4 is 42.2 Å². The van der Waals surface area contributed by atoms with Crippen LogP contribution in [-0.2, 0) is 24.0 Å². The molecule has 282 valence electrons. The zero-order chi connectivity index (χ0) is 38.6. The highest BCUT2D eigenvalue weighted by molar-refractivity contribution is 7.99. The molecule has 16 heteroatoms. The summed E-state index contributed by atoms with van der Waals surface area (Å²) in [6, 6.07) is 24.6. The second-order valence-corrected chi connectivity index (χ2v) is 14.5. The molecule has 0 radical (unpaired) electrons. The number of anilines is 4. The van der Waals surface area contributed by atoms with Crippen LogP contribution in [0.25, 0.3) is 0 Å². The first-order valence-electron chi connectivity index (χ1n) is 17.0. The van der Waals surface area contributed by atoms with Crippen LogP contribution in [0, 0.1) is 0 Å². The molecule has 0 spiro atoms. The van der Waals surface area contributed by atoms with E-state index in [1.54, 1.807) is 36.0 Å². The highest BCUT2D eigenvalue weighted by atomic mass is 32.2. The number of ether oxygens (including phenoxy) is 2. The minimum atomic E-state index is -0.991. The molecule has 9 N–H and O–H groups in total. The summed E-state index contributed by atoms with van der Waals surface area (Å²) >= 11 is 3.02. The predicted molar refractivity (Wildman–Crippen MR) is 207 cm³/mol. The van der Waals surface area contributed by atoms with E-state index in [1.165, 1.54) is 11.8 Å². The molecule has 0 aromatic heterocycles. The number of nitrogens with one attached hydrogen (secondary N) is 4. The average molecular weight is 773 g/mol. The second kappa shape index (κ2) is 19.0. The van der Waals surface area contributed by atoms with Crippen LogP contribution >= 0.6 is 23.5 Å². The number of hydrogen-bond acceptors (Lipinski definition) is 11. The van der Waals surface area contributed by atoms with Crippen molar-refractivity contribution in [2.75, 3.05) is 34.5 Å². The molecule has 14 nitrogen and oxygen atoms in total. The normalized spacial score (nSPS) is 13.8. The maximum atomic E-state index is 12.1. The van der Waals surface area contributed by atoms with E-state index in [1.807, 2.05) is 67.6 Å². The summed E-state index contributed by atoms with van der Waals surface area (Å²) in [7, 11) is 0. The van der Waals surface area contributed by atoms with Crippen molar-refractivity contribution < 1.29 is 38.6 Å². The first-order chi connectivity index (χ1) is 25.9. The predicted octanol–water partition coefficient (Wildman–Crippen LogP) is 5.53. The Bertz CT molecular complexity index is 2030. The van der Waals surface area contributed by atoms with Crippen LogP contribution in [0.3, 0.4) is 0 Å². The Morgan fingerprint density at radius 2 is 1.15 bits per heavy atom. The average Bonchev–Trinajstić information content (AvgIpc) is 3.14. The van der Waals surface area contributed by atoms with Crippen molar-refractivity contribution >= 4 is 75.9 Å². The van der Waals surface area contributed by atoms with Gasteiger partial charge < -0.3 is 47.3 Å². The molecule has 4 amide bonds. The third-order valence-corrected chi connectivity index (χ3v) is 9.75. The number of hydrogen-bond donors (Lipinski definition) is 7. The summed E-state index contributed by atoms with van der Waals surface area (Å²) < 4.78 is 10.9. The van der Waals surface area contributed by atoms with Crippen molar-refractivity contribution in [2.45, 2.75) is 64.3 Å². The minimum Gasteiger partial charge on any atom is -0.482 e. The molecule has 0 saturated heterocycles. The lowest BCUT2D eigenvalue weighted by atomic mass is 10.1. The van der Waals surface area contributed by atoms with Crippen molar-refractivity contribution in [3.8, 4) is 11.5 Å². The summed E-state index contributed by atoms with van der Waals surface area (Å²) in [4.78, 5) is 61.2. The Kier molecular flexibility index (Phi) is 13.9. The molecule has 2 unspecified atom stereocenters. The van der Waals surface area contributed by atoms with Crippen LogP contribution in [0.4, 0.5) is 22.7 Å². The van der Waals surface area contributed by atoms with E-state index in [0.29, 0.717) is 40.7 Å². The number of nitrogens with two attached hydrogens (primary N) is 2. The van der Waals surface area contributed by atoms with E-state index in [0.717, 1.165) is 26.0 Å². The summed E-state index contributed by atoms with van der Waals surface area (Å²) in [6.45, 7) is 2.02. The van der Waals surface area contributed by atoms with Crippen LogP contribution in [-0.4, -0.2) is 60.0 Å². The summed E-state index contributed by atoms with van der Waals surface area (Å²) in [5, 5.41) is 19.8. The Morgan fingerprint density at radius 3 is 1.59 bits per heavy atom. The standard InChI is InChI=1S/C19H19N3O5S.C19H21N3O3S/c20-14(5-7-18(24)25)19(26)21-11-2-1-3-12(8-11)28-13-4-6-15-16(9-13)27-10-17(23)22-15;1-2-4-15(20)19(24)21-12-5-3-6-13(9-12)26-14-7-8-16-17(10-14)25-11-18(23)22-16/h1-4,6,8-9,14H,5,7,10,20H2,(H,21,26)(H,22,23)(H,24,25);3,5-10,15H,2,4,11,20H2,1H3,(H,21,24)(H,22,23). The third-order valence-electron chi connectivity index (χ3n) is 7.79. The minimum absolute atomic E-state index is 0.00916. The van der Waals surface area contributed by atoms with Crippen molar-refractivity contribution in [3.63, 3.8) is 0 Å². The molecule has 0 fully saturated rings. The fourth-order valence-corrected chi connectivity index (χ4v) is 6.92. The van der Waals surface area contributed by atoms with Gasteiger partial charge in [-0.3, -0.25) is 24.0 Å². The van der Waals surface area contributed by atoms with Crippen molar-refractivity contribution in [3.05, 3.63) is 84.9 Å². The van der Waals surface area contributed by atoms with Gasteiger partial charge in [-0.25, -0.2) is 0 Å². The van der Waals surface area contributed by atoms with Gasteiger partial charge in [-0.1, -0.05) is 49.0 Å². The van der Waals surface area contributed by atoms with E-state index < -0.39 is 24.0 Å². The number of carbonyl (C=O) groups excluding carboxylic acids is 4. The van der Waals surface area contributed by atoms with Gasteiger partial charge in [0.05, 0.1) is 23.5 Å². The number of carboxylic acid groups (broad SMARTS) is 1. The molecule has 2 atom stereocenters. The number of amides is 4. The van der Waals surface area contributed by atoms with Gasteiger partial charge in [0, 0.05) is 37.4 Å². The van der Waals surface area contributed by atoms with E-state index in [9.17, 15) is 24.0 Å². The lowest BCUT2D eigenvalue weighted by molar-refractivity contribution is -0.137. The van der Waals surface area contributed by atoms with Crippen LogP contribution in [0.15, 0.2) is 105 Å². The van der Waals surface area contributed by atoms with Gasteiger partial charge >= 0.3 is 5.97 Å². The largest absolute Gasteiger partial charge is 0.482 e. The van der Waals surface area contributed by atoms with Crippen molar-refractivity contribution in [1.29, 1.82) is 0 Å². The Labute approximate surface area is 320 Å². The van der Waals surface area contributed by atoms with E-state index in [2.05, 4.69) is 21.3 Å². The van der Waals surface area contributed by atoms with Gasteiger partial charge in [0.25, 0.3) is 11.8 Å². The zero-order valence-corrected chi connectivity index (χ0v) is 30.9. The number of carbonyl (C=O) groups is 5. The quantitative estimate of drug-likeness (QED) is 0.0891. The van der Waals surface area contributed by atoms with E-state index >= 15 is 0 Å². The molecule has 0 saturated carbocycles. The molecule has 4 aromatic rings. The molecule has 2 heterocycles. The molecule has 0 aliphatic carbocycles. The Balaban J connectivity index is 0.000000208. The molecule has 6 rings (SSSR count). The SMILES string of the molecule is CCCC(N)C(=O)Nc1cccc(Sc2ccc3c(c2)OCC(=O)N3)c1.NC(CCC(=O)O)C(=O)Nc1cccc(Sc2ccc3c(c2)OCC(=O)N3)c1. The fourth-order valence-electron chi connectivity index (χ4n) is 5.11. The molecule has 2 aliphatic heterocycles. The molecular weight excluding hydrogens is 733 g/mol. The van der Waals surface area contributed by atoms with Crippen LogP contribution in [0.5, 0.6) is 11.5 Å². The first-order valence-corrected chi connectivity index (χ1v) is 18.6. The first kappa shape index (κ1) is 39.7. The third kappa shape index (κ3) is 11.7. The number of fused-ring (bicyclic) bond motifs is 2. The van der Waals surface area contributed by atoms with Crippen molar-refractivity contribution in [1.82, 2.24) is 0 Å². The topological polar surface area (TPSA) is 224 Å². The molecule has 54 heavy (non-hydrogen) atoms. The Hall–Kier alpha value is -5.55. The molecular formula is C38H40N6O8S2. The molecule has 4 aromatic carbocycles. The zero-order valence-electron chi connectivity index (χ0n) is 29.3. The van der Waals surface area contributed by atoms with Gasteiger partial charge in [-0.2, -0.15) is 0 Å². The lowest BCUT2D eigenvalue weighted by Crippen LogP contribution is -2.36. The summed E-state index contributed by atoms with van der Waals surface area (Å²) in [5.41, 5.74) is 14.2. The summed E-state index contributed by atoms with van der Waals surface area (Å²) in [5.74, 6) is -0.660. The molecule has 2 aliphatic rings. The van der Waals surface area contributed by atoms with Gasteiger partial charge in [0.2, 0.25) is 11.8 Å². The lowest BCUT2D eigenvalue weighted by Gasteiger charge is -2.18. The van der Waals surface area contributed by atoms with Crippen LogP contribution in [0.2, 0.25) is 0 Å². The molecule has 0 bridgehead atoms. The number of rotatable bonds is 13. The number of aliphatic carboxylic acids is 1. The Morgan fingerprint density at radius 1 is 0.704 bits per heavy atom. The van der Waals surface area contributed by atoms with Gasteiger partial charge in [0.15, 0.2) is 13.2 Å². The van der Waals surface area contributed by atoms with E-state index in [-0.39, 0.29) is 43.8 Å².